The number of rotatable bonds is 6. The second kappa shape index (κ2) is 8.89. The predicted molar refractivity (Wildman–Crippen MR) is 131 cm³/mol. The van der Waals surface area contributed by atoms with Crippen LogP contribution in [0, 0.1) is 0 Å². The lowest BCUT2D eigenvalue weighted by Gasteiger charge is -2.24. The normalized spacial score (nSPS) is 14.9. The smallest absolute Gasteiger partial charge is 0.352 e. The summed E-state index contributed by atoms with van der Waals surface area (Å²) in [6.07, 6.45) is 5.45. The first kappa shape index (κ1) is 21.5. The van der Waals surface area contributed by atoms with Crippen LogP contribution in [-0.2, 0) is 6.54 Å². The zero-order chi connectivity index (χ0) is 22.9. The molecule has 1 fully saturated rings. The number of hydrogen-bond donors (Lipinski definition) is 3. The van der Waals surface area contributed by atoms with Gasteiger partial charge in [0.05, 0.1) is 12.3 Å². The molecule has 5 rings (SSSR count). The number of carboxylic acids is 1. The Balaban J connectivity index is 1.61. The highest BCUT2D eigenvalue weighted by molar-refractivity contribution is 5.95. The van der Waals surface area contributed by atoms with E-state index in [4.69, 9.17) is 16.2 Å². The summed E-state index contributed by atoms with van der Waals surface area (Å²) in [6, 6.07) is 19.6. The van der Waals surface area contributed by atoms with Crippen molar-refractivity contribution in [3.05, 3.63) is 77.5 Å². The third kappa shape index (κ3) is 4.32. The zero-order valence-electron chi connectivity index (χ0n) is 18.5. The summed E-state index contributed by atoms with van der Waals surface area (Å²) in [5.74, 6) is -0.127. The standard InChI is InChI=1S/C27H29N3O3/c28-26(29)19-11-10-18-14-25(27(31)32)30(24(18)15-19)16-20-13-22(33-21-7-2-1-3-8-21)12-17-6-4-5-9-23(17)20/h4-6,9-15,21,26H,1-3,7-8,16,28-29H2,(H,31,32). The van der Waals surface area contributed by atoms with Gasteiger partial charge >= 0.3 is 5.97 Å². The fraction of sp³-hybridized carbons (Fsp3) is 0.296. The SMILES string of the molecule is NC(N)c1ccc2cc(C(=O)O)n(Cc3cc(OC4CCCCC4)cc4ccccc34)c2c1. The minimum Gasteiger partial charge on any atom is -0.490 e. The molecule has 1 heterocycles. The van der Waals surface area contributed by atoms with Crippen LogP contribution in [0.25, 0.3) is 21.7 Å². The largest absolute Gasteiger partial charge is 0.490 e. The molecule has 0 amide bonds. The lowest BCUT2D eigenvalue weighted by atomic mass is 9.97. The Kier molecular flexibility index (Phi) is 5.79. The summed E-state index contributed by atoms with van der Waals surface area (Å²) in [5.41, 5.74) is 14.6. The first-order valence-corrected chi connectivity index (χ1v) is 11.6. The van der Waals surface area contributed by atoms with Crippen molar-refractivity contribution in [2.75, 3.05) is 0 Å². The summed E-state index contributed by atoms with van der Waals surface area (Å²) < 4.78 is 8.21. The van der Waals surface area contributed by atoms with Gasteiger partial charge < -0.3 is 25.9 Å². The number of hydrogen-bond acceptors (Lipinski definition) is 4. The topological polar surface area (TPSA) is 104 Å². The number of aromatic carboxylic acids is 1. The van der Waals surface area contributed by atoms with Gasteiger partial charge in [0.1, 0.15) is 11.4 Å². The highest BCUT2D eigenvalue weighted by Crippen LogP contribution is 2.31. The van der Waals surface area contributed by atoms with E-state index in [2.05, 4.69) is 24.3 Å². The van der Waals surface area contributed by atoms with Crippen molar-refractivity contribution >= 4 is 27.6 Å². The van der Waals surface area contributed by atoms with Gasteiger partial charge in [-0.25, -0.2) is 4.79 Å². The van der Waals surface area contributed by atoms with Gasteiger partial charge in [-0.1, -0.05) is 42.8 Å². The molecule has 4 aromatic rings. The zero-order valence-corrected chi connectivity index (χ0v) is 18.5. The molecule has 1 aromatic heterocycles. The van der Waals surface area contributed by atoms with Crippen molar-refractivity contribution < 1.29 is 14.6 Å². The van der Waals surface area contributed by atoms with E-state index in [9.17, 15) is 9.90 Å². The van der Waals surface area contributed by atoms with E-state index < -0.39 is 12.1 Å². The Morgan fingerprint density at radius 3 is 2.55 bits per heavy atom. The first-order chi connectivity index (χ1) is 16.0. The van der Waals surface area contributed by atoms with E-state index in [0.29, 0.717) is 6.54 Å². The van der Waals surface area contributed by atoms with Crippen molar-refractivity contribution in [1.82, 2.24) is 4.57 Å². The van der Waals surface area contributed by atoms with Crippen molar-refractivity contribution in [3.8, 4) is 5.75 Å². The maximum Gasteiger partial charge on any atom is 0.352 e. The third-order valence-corrected chi connectivity index (χ3v) is 6.64. The van der Waals surface area contributed by atoms with Crippen molar-refractivity contribution in [2.45, 2.75) is 50.9 Å². The fourth-order valence-electron chi connectivity index (χ4n) is 4.93. The van der Waals surface area contributed by atoms with E-state index in [1.807, 2.05) is 34.9 Å². The molecule has 1 aliphatic carbocycles. The van der Waals surface area contributed by atoms with Crippen LogP contribution in [0.3, 0.4) is 0 Å². The number of nitrogens with zero attached hydrogens (tertiary/aromatic N) is 1. The molecule has 0 saturated heterocycles. The van der Waals surface area contributed by atoms with Crippen molar-refractivity contribution in [3.63, 3.8) is 0 Å². The molecule has 0 spiro atoms. The number of ether oxygens (including phenoxy) is 1. The maximum atomic E-state index is 12.1. The van der Waals surface area contributed by atoms with E-state index in [1.54, 1.807) is 6.07 Å². The Morgan fingerprint density at radius 2 is 1.79 bits per heavy atom. The summed E-state index contributed by atoms with van der Waals surface area (Å²) in [4.78, 5) is 12.1. The number of nitrogens with two attached hydrogens (primary N) is 2. The molecule has 5 N–H and O–H groups in total. The number of carboxylic acid groups (broad SMARTS) is 1. The van der Waals surface area contributed by atoms with Gasteiger partial charge in [-0.3, -0.25) is 0 Å². The number of aromatic nitrogens is 1. The Morgan fingerprint density at radius 1 is 1.00 bits per heavy atom. The molecule has 0 bridgehead atoms. The van der Waals surface area contributed by atoms with Gasteiger partial charge in [-0.2, -0.15) is 0 Å². The fourth-order valence-corrected chi connectivity index (χ4v) is 4.93. The van der Waals surface area contributed by atoms with Crippen LogP contribution in [0.2, 0.25) is 0 Å². The minimum atomic E-state index is -0.969. The molecule has 0 atom stereocenters. The maximum absolute atomic E-state index is 12.1. The summed E-state index contributed by atoms with van der Waals surface area (Å²) in [7, 11) is 0. The highest BCUT2D eigenvalue weighted by atomic mass is 16.5. The number of benzene rings is 3. The molecule has 170 valence electrons. The average Bonchev–Trinajstić information content (AvgIpc) is 3.18. The van der Waals surface area contributed by atoms with E-state index in [-0.39, 0.29) is 11.8 Å². The van der Waals surface area contributed by atoms with Crippen LogP contribution < -0.4 is 16.2 Å². The molecule has 0 aliphatic heterocycles. The Bertz CT molecular complexity index is 1320. The number of fused-ring (bicyclic) bond motifs is 2. The van der Waals surface area contributed by atoms with Crippen molar-refractivity contribution in [1.29, 1.82) is 0 Å². The second-order valence-electron chi connectivity index (χ2n) is 8.95. The minimum absolute atomic E-state index is 0.232. The molecular weight excluding hydrogens is 414 g/mol. The van der Waals surface area contributed by atoms with E-state index in [1.165, 1.54) is 19.3 Å². The van der Waals surface area contributed by atoms with Gasteiger partial charge in [-0.05, 0) is 71.8 Å². The second-order valence-corrected chi connectivity index (χ2v) is 8.95. The van der Waals surface area contributed by atoms with E-state index >= 15 is 0 Å². The van der Waals surface area contributed by atoms with Crippen LogP contribution >= 0.6 is 0 Å². The molecule has 3 aromatic carbocycles. The van der Waals surface area contributed by atoms with Gasteiger partial charge in [0.15, 0.2) is 0 Å². The van der Waals surface area contributed by atoms with Crippen LogP contribution in [-0.4, -0.2) is 21.7 Å². The first-order valence-electron chi connectivity index (χ1n) is 11.6. The van der Waals surface area contributed by atoms with Crippen LogP contribution in [0.4, 0.5) is 0 Å². The van der Waals surface area contributed by atoms with E-state index in [0.717, 1.165) is 51.4 Å². The summed E-state index contributed by atoms with van der Waals surface area (Å²) in [6.45, 7) is 0.400. The molecular formula is C27H29N3O3. The predicted octanol–water partition coefficient (Wildman–Crippen LogP) is 5.17. The van der Waals surface area contributed by atoms with Gasteiger partial charge in [0, 0.05) is 17.4 Å². The van der Waals surface area contributed by atoms with Crippen LogP contribution in [0.5, 0.6) is 5.75 Å². The van der Waals surface area contributed by atoms with Crippen LogP contribution in [0.15, 0.2) is 60.7 Å². The lowest BCUT2D eigenvalue weighted by molar-refractivity contribution is 0.0686. The number of carbonyl (C=O) groups is 1. The molecule has 6 heteroatoms. The molecule has 1 saturated carbocycles. The molecule has 6 nitrogen and oxygen atoms in total. The summed E-state index contributed by atoms with van der Waals surface area (Å²) in [5, 5.41) is 12.9. The molecule has 0 radical (unpaired) electrons. The molecule has 1 aliphatic rings. The van der Waals surface area contributed by atoms with Crippen molar-refractivity contribution in [2.24, 2.45) is 11.5 Å². The molecule has 0 unspecified atom stereocenters. The third-order valence-electron chi connectivity index (χ3n) is 6.64. The van der Waals surface area contributed by atoms with Gasteiger partial charge in [-0.15, -0.1) is 0 Å². The summed E-state index contributed by atoms with van der Waals surface area (Å²) >= 11 is 0. The van der Waals surface area contributed by atoms with Gasteiger partial charge in [0.2, 0.25) is 0 Å². The van der Waals surface area contributed by atoms with Crippen LogP contribution in [0.1, 0.15) is 59.9 Å². The Labute approximate surface area is 192 Å². The molecule has 33 heavy (non-hydrogen) atoms. The Hall–Kier alpha value is -3.35. The quantitative estimate of drug-likeness (QED) is 0.357. The monoisotopic (exact) mass is 443 g/mol. The lowest BCUT2D eigenvalue weighted by Crippen LogP contribution is -2.20. The highest BCUT2D eigenvalue weighted by Gasteiger charge is 2.19. The van der Waals surface area contributed by atoms with Gasteiger partial charge in [0.25, 0.3) is 0 Å². The average molecular weight is 444 g/mol.